The van der Waals surface area contributed by atoms with Gasteiger partial charge in [-0.2, -0.15) is 0 Å². The normalized spacial score (nSPS) is 10.5. The van der Waals surface area contributed by atoms with Crippen LogP contribution in [0.3, 0.4) is 0 Å². The van der Waals surface area contributed by atoms with Gasteiger partial charge in [-0.15, -0.1) is 0 Å². The monoisotopic (exact) mass is 268 g/mol. The van der Waals surface area contributed by atoms with Crippen molar-refractivity contribution in [1.82, 2.24) is 9.55 Å². The maximum Gasteiger partial charge on any atom is 0.325 e. The number of hydrogen-bond acceptors (Lipinski definition) is 3. The summed E-state index contributed by atoms with van der Waals surface area (Å²) in [6.07, 6.45) is 3.52. The highest BCUT2D eigenvalue weighted by molar-refractivity contribution is 9.10. The Hall–Kier alpha value is -1.36. The molecule has 0 N–H and O–H groups in total. The lowest BCUT2D eigenvalue weighted by molar-refractivity contribution is -0.141. The van der Waals surface area contributed by atoms with Crippen molar-refractivity contribution in [3.05, 3.63) is 29.0 Å². The first-order valence-corrected chi connectivity index (χ1v) is 5.17. The topological polar surface area (TPSA) is 44.1 Å². The number of aromatic nitrogens is 2. The molecule has 0 saturated heterocycles. The van der Waals surface area contributed by atoms with Gasteiger partial charge in [-0.25, -0.2) is 4.98 Å². The molecule has 2 aromatic rings. The zero-order chi connectivity index (χ0) is 10.8. The fourth-order valence-corrected chi connectivity index (χ4v) is 1.73. The molecule has 0 amide bonds. The van der Waals surface area contributed by atoms with E-state index in [1.807, 2.05) is 18.3 Å². The van der Waals surface area contributed by atoms with Crippen molar-refractivity contribution in [3.63, 3.8) is 0 Å². The Morgan fingerprint density at radius 2 is 2.47 bits per heavy atom. The summed E-state index contributed by atoms with van der Waals surface area (Å²) in [6, 6.07) is 3.87. The summed E-state index contributed by atoms with van der Waals surface area (Å²) >= 11 is 3.34. The molecule has 2 heterocycles. The summed E-state index contributed by atoms with van der Waals surface area (Å²) in [6.45, 7) is 0.189. The number of ether oxygens (including phenoxy) is 1. The minimum absolute atomic E-state index is 0.189. The molecular formula is C10H9BrN2O2. The van der Waals surface area contributed by atoms with E-state index in [4.69, 9.17) is 0 Å². The maximum absolute atomic E-state index is 11.1. The average Bonchev–Trinajstić information content (AvgIpc) is 2.60. The molecule has 4 nitrogen and oxygen atoms in total. The first-order valence-electron chi connectivity index (χ1n) is 4.38. The summed E-state index contributed by atoms with van der Waals surface area (Å²) in [4.78, 5) is 15.3. The van der Waals surface area contributed by atoms with Gasteiger partial charge in [0.05, 0.1) is 7.11 Å². The molecule has 0 saturated carbocycles. The molecule has 5 heteroatoms. The Kier molecular flexibility index (Phi) is 2.73. The Balaban J connectivity index is 2.41. The first-order chi connectivity index (χ1) is 7.20. The average molecular weight is 269 g/mol. The van der Waals surface area contributed by atoms with Gasteiger partial charge >= 0.3 is 5.97 Å². The number of nitrogens with zero attached hydrogens (tertiary/aromatic N) is 2. The van der Waals surface area contributed by atoms with Gasteiger partial charge in [0.1, 0.15) is 12.2 Å². The van der Waals surface area contributed by atoms with E-state index in [-0.39, 0.29) is 12.5 Å². The van der Waals surface area contributed by atoms with E-state index in [0.717, 1.165) is 15.5 Å². The molecule has 0 aliphatic rings. The molecule has 0 fully saturated rings. The van der Waals surface area contributed by atoms with Crippen molar-refractivity contribution in [2.45, 2.75) is 6.54 Å². The second-order valence-electron chi connectivity index (χ2n) is 3.09. The summed E-state index contributed by atoms with van der Waals surface area (Å²) in [5, 5.41) is 0.994. The van der Waals surface area contributed by atoms with Gasteiger partial charge in [0.25, 0.3) is 0 Å². The molecule has 2 aromatic heterocycles. The van der Waals surface area contributed by atoms with Crippen LogP contribution >= 0.6 is 15.9 Å². The lowest BCUT2D eigenvalue weighted by Crippen LogP contribution is -2.10. The molecule has 15 heavy (non-hydrogen) atoms. The Morgan fingerprint density at radius 3 is 3.20 bits per heavy atom. The van der Waals surface area contributed by atoms with Crippen LogP contribution < -0.4 is 0 Å². The highest BCUT2D eigenvalue weighted by Crippen LogP contribution is 2.18. The summed E-state index contributed by atoms with van der Waals surface area (Å²) in [5.74, 6) is -0.280. The van der Waals surface area contributed by atoms with Crippen molar-refractivity contribution in [2.24, 2.45) is 0 Å². The van der Waals surface area contributed by atoms with Crippen molar-refractivity contribution in [1.29, 1.82) is 0 Å². The maximum atomic E-state index is 11.1. The van der Waals surface area contributed by atoms with Crippen LogP contribution in [0.2, 0.25) is 0 Å². The van der Waals surface area contributed by atoms with Crippen LogP contribution in [-0.2, 0) is 16.1 Å². The van der Waals surface area contributed by atoms with Crippen molar-refractivity contribution in [2.75, 3.05) is 7.11 Å². The van der Waals surface area contributed by atoms with E-state index in [1.54, 1.807) is 10.8 Å². The lowest BCUT2D eigenvalue weighted by Gasteiger charge is -2.02. The third-order valence-electron chi connectivity index (χ3n) is 2.09. The van der Waals surface area contributed by atoms with E-state index in [0.29, 0.717) is 0 Å². The molecule has 0 atom stereocenters. The number of carbonyl (C=O) groups is 1. The number of hydrogen-bond donors (Lipinski definition) is 0. The molecule has 0 bridgehead atoms. The SMILES string of the molecule is COC(=O)Cn1ccc2cc(Br)cnc21. The van der Waals surface area contributed by atoms with Gasteiger partial charge in [0.2, 0.25) is 0 Å². The van der Waals surface area contributed by atoms with Gasteiger partial charge in [-0.05, 0) is 28.1 Å². The van der Waals surface area contributed by atoms with Gasteiger partial charge < -0.3 is 9.30 Å². The second-order valence-corrected chi connectivity index (χ2v) is 4.00. The van der Waals surface area contributed by atoms with Crippen LogP contribution in [0, 0.1) is 0 Å². The van der Waals surface area contributed by atoms with Crippen molar-refractivity contribution < 1.29 is 9.53 Å². The Bertz CT molecular complexity index is 507. The Labute approximate surface area is 95.0 Å². The largest absolute Gasteiger partial charge is 0.468 e. The molecule has 2 rings (SSSR count). The summed E-state index contributed by atoms with van der Waals surface area (Å²) < 4.78 is 7.28. The lowest BCUT2D eigenvalue weighted by atomic mass is 10.3. The van der Waals surface area contributed by atoms with Crippen molar-refractivity contribution >= 4 is 32.9 Å². The molecule has 0 aromatic carbocycles. The highest BCUT2D eigenvalue weighted by atomic mass is 79.9. The van der Waals surface area contributed by atoms with E-state index in [1.165, 1.54) is 7.11 Å². The smallest absolute Gasteiger partial charge is 0.325 e. The van der Waals surface area contributed by atoms with Gasteiger partial charge in [0, 0.05) is 22.3 Å². The summed E-state index contributed by atoms with van der Waals surface area (Å²) in [7, 11) is 1.37. The fraction of sp³-hybridized carbons (Fsp3) is 0.200. The minimum atomic E-state index is -0.280. The van der Waals surface area contributed by atoms with E-state index < -0.39 is 0 Å². The predicted molar refractivity (Wildman–Crippen MR) is 59.4 cm³/mol. The quantitative estimate of drug-likeness (QED) is 0.783. The van der Waals surface area contributed by atoms with E-state index in [2.05, 4.69) is 25.7 Å². The summed E-state index contributed by atoms with van der Waals surface area (Å²) in [5.41, 5.74) is 0.781. The fourth-order valence-electron chi connectivity index (χ4n) is 1.38. The molecule has 78 valence electrons. The third kappa shape index (κ3) is 2.02. The van der Waals surface area contributed by atoms with E-state index in [9.17, 15) is 4.79 Å². The van der Waals surface area contributed by atoms with Gasteiger partial charge in [-0.1, -0.05) is 0 Å². The number of carbonyl (C=O) groups excluding carboxylic acids is 1. The van der Waals surface area contributed by atoms with Crippen LogP contribution in [0.4, 0.5) is 0 Å². The van der Waals surface area contributed by atoms with Crippen LogP contribution in [-0.4, -0.2) is 22.6 Å². The van der Waals surface area contributed by atoms with Crippen LogP contribution in [0.25, 0.3) is 11.0 Å². The molecule has 0 aliphatic carbocycles. The number of methoxy groups -OCH3 is 1. The van der Waals surface area contributed by atoms with E-state index >= 15 is 0 Å². The number of pyridine rings is 1. The van der Waals surface area contributed by atoms with Crippen LogP contribution in [0.5, 0.6) is 0 Å². The molecule has 0 aliphatic heterocycles. The Morgan fingerprint density at radius 1 is 1.67 bits per heavy atom. The van der Waals surface area contributed by atoms with Crippen LogP contribution in [0.1, 0.15) is 0 Å². The number of rotatable bonds is 2. The number of esters is 1. The number of halogens is 1. The third-order valence-corrected chi connectivity index (χ3v) is 2.53. The van der Waals surface area contributed by atoms with Crippen LogP contribution in [0.15, 0.2) is 29.0 Å². The molecule has 0 unspecified atom stereocenters. The van der Waals surface area contributed by atoms with Gasteiger partial charge in [0.15, 0.2) is 0 Å². The predicted octanol–water partition coefficient (Wildman–Crippen LogP) is 1.97. The molecule has 0 radical (unpaired) electrons. The standard InChI is InChI=1S/C10H9BrN2O2/c1-15-9(14)6-13-3-2-7-4-8(11)5-12-10(7)13/h2-5H,6H2,1H3. The van der Waals surface area contributed by atoms with Gasteiger partial charge in [-0.3, -0.25) is 4.79 Å². The molecule has 0 spiro atoms. The number of fused-ring (bicyclic) bond motifs is 1. The highest BCUT2D eigenvalue weighted by Gasteiger charge is 2.06. The van der Waals surface area contributed by atoms with Crippen molar-refractivity contribution in [3.8, 4) is 0 Å². The minimum Gasteiger partial charge on any atom is -0.468 e. The zero-order valence-corrected chi connectivity index (χ0v) is 9.69. The second kappa shape index (κ2) is 4.02. The zero-order valence-electron chi connectivity index (χ0n) is 8.11. The first kappa shape index (κ1) is 10.2. The molecular weight excluding hydrogens is 260 g/mol.